The molecule has 0 bridgehead atoms. The van der Waals surface area contributed by atoms with E-state index in [2.05, 4.69) is 10.6 Å². The number of rotatable bonds is 4. The van der Waals surface area contributed by atoms with E-state index in [0.29, 0.717) is 0 Å². The van der Waals surface area contributed by atoms with Crippen LogP contribution in [-0.4, -0.2) is 53.0 Å². The van der Waals surface area contributed by atoms with Crippen LogP contribution in [0.15, 0.2) is 0 Å². The fraction of sp³-hybridized carbons (Fsp3) is 0.636. The summed E-state index contributed by atoms with van der Waals surface area (Å²) in [5.41, 5.74) is 0. The van der Waals surface area contributed by atoms with Crippen LogP contribution in [0.1, 0.15) is 19.3 Å². The van der Waals surface area contributed by atoms with Gasteiger partial charge in [-0.25, -0.2) is 4.79 Å². The summed E-state index contributed by atoms with van der Waals surface area (Å²) in [5.74, 6) is -1.88. The highest BCUT2D eigenvalue weighted by atomic mass is 16.4. The molecule has 0 aromatic carbocycles. The Morgan fingerprint density at radius 1 is 1.32 bits per heavy atom. The van der Waals surface area contributed by atoms with E-state index in [1.807, 2.05) is 0 Å². The molecule has 104 valence electrons. The van der Waals surface area contributed by atoms with Crippen molar-refractivity contribution < 1.29 is 24.3 Å². The molecule has 1 heterocycles. The third-order valence-electron chi connectivity index (χ3n) is 3.13. The van der Waals surface area contributed by atoms with E-state index in [0.717, 1.165) is 17.7 Å². The summed E-state index contributed by atoms with van der Waals surface area (Å²) < 4.78 is 0. The maximum absolute atomic E-state index is 11.9. The smallest absolute Gasteiger partial charge is 0.318 e. The molecule has 1 unspecified atom stereocenters. The number of urea groups is 1. The van der Waals surface area contributed by atoms with Crippen LogP contribution in [0.3, 0.4) is 0 Å². The van der Waals surface area contributed by atoms with E-state index in [-0.39, 0.29) is 25.4 Å². The third-order valence-corrected chi connectivity index (χ3v) is 3.13. The van der Waals surface area contributed by atoms with Crippen LogP contribution in [0.5, 0.6) is 0 Å². The Morgan fingerprint density at radius 3 is 2.37 bits per heavy atom. The molecule has 2 aliphatic rings. The van der Waals surface area contributed by atoms with Gasteiger partial charge < -0.3 is 15.3 Å². The average Bonchev–Trinajstić information content (AvgIpc) is 3.09. The van der Waals surface area contributed by atoms with Crippen molar-refractivity contribution in [3.8, 4) is 0 Å². The Labute approximate surface area is 109 Å². The van der Waals surface area contributed by atoms with E-state index in [9.17, 15) is 19.2 Å². The molecule has 0 spiro atoms. The standard InChI is InChI=1S/C11H15N3O5/c15-8-4-14(5-9(16)13-8)11(19)12-7(3-10(17)18)6-1-2-6/h6-7H,1-5H2,(H,12,19)(H,17,18)(H,13,15,16). The molecule has 1 atom stereocenters. The number of hydrogen-bond donors (Lipinski definition) is 3. The van der Waals surface area contributed by atoms with Crippen LogP contribution in [0.4, 0.5) is 4.79 Å². The van der Waals surface area contributed by atoms with Crippen molar-refractivity contribution in [1.29, 1.82) is 0 Å². The Morgan fingerprint density at radius 2 is 1.89 bits per heavy atom. The maximum atomic E-state index is 11.9. The van der Waals surface area contributed by atoms with E-state index < -0.39 is 29.9 Å². The number of carboxylic acid groups (broad SMARTS) is 1. The minimum Gasteiger partial charge on any atom is -0.481 e. The van der Waals surface area contributed by atoms with E-state index in [4.69, 9.17) is 5.11 Å². The molecule has 19 heavy (non-hydrogen) atoms. The van der Waals surface area contributed by atoms with Crippen LogP contribution >= 0.6 is 0 Å². The predicted octanol–water partition coefficient (Wildman–Crippen LogP) is -1.09. The number of piperazine rings is 1. The molecular weight excluding hydrogens is 254 g/mol. The highest BCUT2D eigenvalue weighted by Gasteiger charge is 2.35. The molecule has 3 N–H and O–H groups in total. The third kappa shape index (κ3) is 3.67. The van der Waals surface area contributed by atoms with Gasteiger partial charge in [-0.05, 0) is 18.8 Å². The van der Waals surface area contributed by atoms with Crippen LogP contribution in [-0.2, 0) is 14.4 Å². The monoisotopic (exact) mass is 269 g/mol. The van der Waals surface area contributed by atoms with Gasteiger partial charge in [0.1, 0.15) is 13.1 Å². The van der Waals surface area contributed by atoms with Crippen LogP contribution in [0.25, 0.3) is 0 Å². The lowest BCUT2D eigenvalue weighted by atomic mass is 10.1. The van der Waals surface area contributed by atoms with Gasteiger partial charge in [0.15, 0.2) is 0 Å². The molecule has 0 aromatic heterocycles. The van der Waals surface area contributed by atoms with Gasteiger partial charge in [-0.2, -0.15) is 0 Å². The number of carbonyl (C=O) groups is 4. The molecular formula is C11H15N3O5. The summed E-state index contributed by atoms with van der Waals surface area (Å²) in [5, 5.41) is 13.5. The largest absolute Gasteiger partial charge is 0.481 e. The van der Waals surface area contributed by atoms with Gasteiger partial charge in [0.05, 0.1) is 6.42 Å². The van der Waals surface area contributed by atoms with Crippen LogP contribution in [0, 0.1) is 5.92 Å². The second-order valence-electron chi connectivity index (χ2n) is 4.82. The van der Waals surface area contributed by atoms with Crippen molar-refractivity contribution in [3.05, 3.63) is 0 Å². The lowest BCUT2D eigenvalue weighted by molar-refractivity contribution is -0.138. The van der Waals surface area contributed by atoms with Gasteiger partial charge >= 0.3 is 12.0 Å². The lowest BCUT2D eigenvalue weighted by Gasteiger charge is -2.27. The van der Waals surface area contributed by atoms with Gasteiger partial charge in [0.25, 0.3) is 0 Å². The fourth-order valence-corrected chi connectivity index (χ4v) is 2.05. The van der Waals surface area contributed by atoms with Crippen molar-refractivity contribution >= 4 is 23.8 Å². The highest BCUT2D eigenvalue weighted by Crippen LogP contribution is 2.34. The quantitative estimate of drug-likeness (QED) is 0.561. The van der Waals surface area contributed by atoms with Gasteiger partial charge in [-0.1, -0.05) is 0 Å². The highest BCUT2D eigenvalue weighted by molar-refractivity contribution is 6.02. The topological polar surface area (TPSA) is 116 Å². The summed E-state index contributed by atoms with van der Waals surface area (Å²) in [6.07, 6.45) is 1.62. The zero-order valence-corrected chi connectivity index (χ0v) is 10.2. The first kappa shape index (κ1) is 13.3. The molecule has 2 rings (SSSR count). The van der Waals surface area contributed by atoms with Gasteiger partial charge in [0.2, 0.25) is 11.8 Å². The Kier molecular flexibility index (Phi) is 3.68. The minimum absolute atomic E-state index is 0.148. The summed E-state index contributed by atoms with van der Waals surface area (Å²) in [6, 6.07) is -1.01. The second kappa shape index (κ2) is 5.25. The number of amides is 4. The molecule has 2 fully saturated rings. The first-order valence-corrected chi connectivity index (χ1v) is 6.05. The molecule has 1 saturated carbocycles. The number of nitrogens with zero attached hydrogens (tertiary/aromatic N) is 1. The summed E-state index contributed by atoms with van der Waals surface area (Å²) in [7, 11) is 0. The van der Waals surface area contributed by atoms with Gasteiger partial charge in [0, 0.05) is 6.04 Å². The van der Waals surface area contributed by atoms with E-state index >= 15 is 0 Å². The fourth-order valence-electron chi connectivity index (χ4n) is 2.05. The van der Waals surface area contributed by atoms with Crippen molar-refractivity contribution in [2.75, 3.05) is 13.1 Å². The Bertz CT molecular complexity index is 416. The average molecular weight is 269 g/mol. The molecule has 4 amide bonds. The number of aliphatic carboxylic acids is 1. The maximum Gasteiger partial charge on any atom is 0.318 e. The summed E-state index contributed by atoms with van der Waals surface area (Å²) in [6.45, 7) is -0.385. The molecule has 1 saturated heterocycles. The van der Waals surface area contributed by atoms with Gasteiger partial charge in [-0.15, -0.1) is 0 Å². The normalized spacial score (nSPS) is 20.7. The van der Waals surface area contributed by atoms with Crippen LogP contribution in [0.2, 0.25) is 0 Å². The Balaban J connectivity index is 1.92. The van der Waals surface area contributed by atoms with Gasteiger partial charge in [-0.3, -0.25) is 19.7 Å². The molecule has 8 heteroatoms. The number of carboxylic acids is 1. The number of carbonyl (C=O) groups excluding carboxylic acids is 3. The number of nitrogens with one attached hydrogen (secondary N) is 2. The zero-order chi connectivity index (χ0) is 14.0. The van der Waals surface area contributed by atoms with E-state index in [1.54, 1.807) is 0 Å². The molecule has 0 aromatic rings. The zero-order valence-electron chi connectivity index (χ0n) is 10.2. The summed E-state index contributed by atoms with van der Waals surface area (Å²) in [4.78, 5) is 46.0. The van der Waals surface area contributed by atoms with Crippen molar-refractivity contribution in [2.45, 2.75) is 25.3 Å². The summed E-state index contributed by atoms with van der Waals surface area (Å²) >= 11 is 0. The Hall–Kier alpha value is -2.12. The van der Waals surface area contributed by atoms with Crippen molar-refractivity contribution in [3.63, 3.8) is 0 Å². The second-order valence-corrected chi connectivity index (χ2v) is 4.82. The lowest BCUT2D eigenvalue weighted by Crippen LogP contribution is -2.57. The predicted molar refractivity (Wildman–Crippen MR) is 62.0 cm³/mol. The van der Waals surface area contributed by atoms with E-state index in [1.165, 1.54) is 0 Å². The van der Waals surface area contributed by atoms with Crippen molar-refractivity contribution in [1.82, 2.24) is 15.5 Å². The first-order chi connectivity index (χ1) is 8.95. The first-order valence-electron chi connectivity index (χ1n) is 6.05. The molecule has 8 nitrogen and oxygen atoms in total. The SMILES string of the molecule is O=C(O)CC(NC(=O)N1CC(=O)NC(=O)C1)C1CC1. The number of hydrogen-bond acceptors (Lipinski definition) is 4. The molecule has 1 aliphatic carbocycles. The number of imide groups is 1. The molecule has 1 aliphatic heterocycles. The van der Waals surface area contributed by atoms with Crippen molar-refractivity contribution in [2.24, 2.45) is 5.92 Å². The minimum atomic E-state index is -0.982. The molecule has 0 radical (unpaired) electrons. The van der Waals surface area contributed by atoms with Crippen LogP contribution < -0.4 is 10.6 Å².